The molecule has 15 heavy (non-hydrogen) atoms. The Hall–Kier alpha value is 1.33. The van der Waals surface area contributed by atoms with Gasteiger partial charge in [0.25, 0.3) is 10.5 Å². The molecule has 0 radical (unpaired) electrons. The zero-order chi connectivity index (χ0) is 9.14. The summed E-state index contributed by atoms with van der Waals surface area (Å²) in [7, 11) is 0. The van der Waals surface area contributed by atoms with E-state index in [9.17, 15) is 9.59 Å². The highest BCUT2D eigenvalue weighted by atomic mass is 127. The monoisotopic (exact) mass is 586 g/mol. The predicted molar refractivity (Wildman–Crippen MR) is 93.1 cm³/mol. The minimum atomic E-state index is -0.602. The molecule has 7 heteroatoms. The van der Waals surface area contributed by atoms with Crippen molar-refractivity contribution in [3.05, 3.63) is 35.4 Å². The molecule has 0 aliphatic rings. The summed E-state index contributed by atoms with van der Waals surface area (Å²) in [5, 5.41) is -1.20. The lowest BCUT2D eigenvalue weighted by Crippen LogP contribution is -1.93. The van der Waals surface area contributed by atoms with Gasteiger partial charge < -0.3 is 0 Å². The minimum absolute atomic E-state index is 0. The molecule has 0 heterocycles. The van der Waals surface area contributed by atoms with Crippen molar-refractivity contribution in [1.82, 2.24) is 0 Å². The highest BCUT2D eigenvalue weighted by molar-refractivity contribution is 14.0. The first-order chi connectivity index (χ1) is 5.61. The van der Waals surface area contributed by atoms with Crippen molar-refractivity contribution in [1.29, 1.82) is 0 Å². The van der Waals surface area contributed by atoms with Gasteiger partial charge in [-0.25, -0.2) is 0 Å². The van der Waals surface area contributed by atoms with Gasteiger partial charge in [0.15, 0.2) is 0 Å². The number of hydrogen-bond donors (Lipinski definition) is 0. The largest absolute Gasteiger partial charge is 0.276 e. The second kappa shape index (κ2) is 10.5. The molecule has 1 aromatic rings. The Morgan fingerprint density at radius 2 is 1.20 bits per heavy atom. The van der Waals surface area contributed by atoms with Gasteiger partial charge in [0.2, 0.25) is 0 Å². The summed E-state index contributed by atoms with van der Waals surface area (Å²) in [6.45, 7) is 0. The van der Waals surface area contributed by atoms with Gasteiger partial charge in [-0.15, -0.1) is 71.9 Å². The van der Waals surface area contributed by atoms with E-state index in [1.54, 1.807) is 6.07 Å². The number of hydrogen-bond acceptors (Lipinski definition) is 2. The first-order valence-corrected chi connectivity index (χ1v) is 3.86. The maximum atomic E-state index is 10.6. The molecule has 0 aromatic heterocycles. The second-order valence-corrected chi connectivity index (χ2v) is 2.81. The van der Waals surface area contributed by atoms with Gasteiger partial charge >= 0.3 is 0 Å². The van der Waals surface area contributed by atoms with Crippen LogP contribution >= 0.6 is 95.1 Å². The molecule has 1 rings (SSSR count). The van der Waals surface area contributed by atoms with Crippen LogP contribution in [-0.4, -0.2) is 10.5 Å². The molecular formula is C8H7Cl2I3O2. The third-order valence-electron chi connectivity index (χ3n) is 1.32. The second-order valence-electron chi connectivity index (χ2n) is 2.13. The van der Waals surface area contributed by atoms with Gasteiger partial charge in [-0.3, -0.25) is 9.59 Å². The van der Waals surface area contributed by atoms with Gasteiger partial charge in [0.1, 0.15) is 0 Å². The molecule has 0 aliphatic heterocycles. The molecule has 0 aliphatic carbocycles. The summed E-state index contributed by atoms with van der Waals surface area (Å²) in [4.78, 5) is 21.3. The van der Waals surface area contributed by atoms with E-state index in [1.165, 1.54) is 18.2 Å². The van der Waals surface area contributed by atoms with Crippen LogP contribution in [0.15, 0.2) is 24.3 Å². The standard InChI is InChI=1S/C8H4Cl2O2.3HI/c9-7(11)5-2-1-3-6(4-5)8(10)12;;;/h1-4H;3*1H. The molecule has 2 nitrogen and oxygen atoms in total. The summed E-state index contributed by atoms with van der Waals surface area (Å²) in [5.74, 6) is 0. The summed E-state index contributed by atoms with van der Waals surface area (Å²) in [5.41, 5.74) is 0.534. The van der Waals surface area contributed by atoms with Gasteiger partial charge in [0.05, 0.1) is 0 Å². The lowest BCUT2D eigenvalue weighted by molar-refractivity contribution is 0.108. The third kappa shape index (κ3) is 7.29. The fourth-order valence-corrected chi connectivity index (χ4v) is 0.999. The van der Waals surface area contributed by atoms with Crippen LogP contribution in [0.2, 0.25) is 0 Å². The number of halogens is 5. The van der Waals surface area contributed by atoms with Crippen molar-refractivity contribution in [3.63, 3.8) is 0 Å². The van der Waals surface area contributed by atoms with Crippen LogP contribution in [0, 0.1) is 0 Å². The summed E-state index contributed by atoms with van der Waals surface area (Å²) in [6, 6.07) is 5.92. The average Bonchev–Trinajstić information content (AvgIpc) is 2.04. The zero-order valence-electron chi connectivity index (χ0n) is 7.11. The fourth-order valence-electron chi connectivity index (χ4n) is 0.764. The third-order valence-corrected chi connectivity index (χ3v) is 1.75. The Balaban J connectivity index is -0.000000480. The Labute approximate surface area is 149 Å². The van der Waals surface area contributed by atoms with Crippen LogP contribution in [0.1, 0.15) is 20.7 Å². The van der Waals surface area contributed by atoms with E-state index in [0.29, 0.717) is 0 Å². The highest BCUT2D eigenvalue weighted by Gasteiger charge is 2.05. The van der Waals surface area contributed by atoms with E-state index >= 15 is 0 Å². The normalized spacial score (nSPS) is 7.60. The van der Waals surface area contributed by atoms with E-state index in [-0.39, 0.29) is 83.1 Å². The molecule has 0 fully saturated rings. The van der Waals surface area contributed by atoms with Crippen molar-refractivity contribution < 1.29 is 9.59 Å². The number of carbonyl (C=O) groups excluding carboxylic acids is 2. The van der Waals surface area contributed by atoms with E-state index in [4.69, 9.17) is 23.2 Å². The molecule has 0 atom stereocenters. The maximum Gasteiger partial charge on any atom is 0.252 e. The number of carbonyl (C=O) groups is 2. The highest BCUT2D eigenvalue weighted by Crippen LogP contribution is 2.09. The lowest BCUT2D eigenvalue weighted by atomic mass is 10.1. The van der Waals surface area contributed by atoms with Crippen molar-refractivity contribution >= 4 is 106 Å². The molecule has 0 bridgehead atoms. The molecule has 0 saturated carbocycles. The van der Waals surface area contributed by atoms with Crippen molar-refractivity contribution in [2.24, 2.45) is 0 Å². The van der Waals surface area contributed by atoms with Crippen LogP contribution < -0.4 is 0 Å². The predicted octanol–water partition coefficient (Wildman–Crippen LogP) is 4.30. The Bertz CT molecular complexity index is 315. The molecule has 86 valence electrons. The zero-order valence-corrected chi connectivity index (χ0v) is 15.6. The Morgan fingerprint density at radius 3 is 1.47 bits per heavy atom. The van der Waals surface area contributed by atoms with E-state index in [0.717, 1.165) is 0 Å². The van der Waals surface area contributed by atoms with Crippen LogP contribution in [0.3, 0.4) is 0 Å². The van der Waals surface area contributed by atoms with Gasteiger partial charge in [-0.1, -0.05) is 18.2 Å². The Morgan fingerprint density at radius 1 is 0.867 bits per heavy atom. The Kier molecular flexibility index (Phi) is 15.1. The number of benzene rings is 1. The number of rotatable bonds is 2. The van der Waals surface area contributed by atoms with E-state index < -0.39 is 10.5 Å². The average molecular weight is 587 g/mol. The van der Waals surface area contributed by atoms with E-state index in [2.05, 4.69) is 0 Å². The van der Waals surface area contributed by atoms with E-state index in [1.807, 2.05) is 0 Å². The smallest absolute Gasteiger partial charge is 0.252 e. The molecule has 0 spiro atoms. The van der Waals surface area contributed by atoms with Gasteiger partial charge in [-0.2, -0.15) is 0 Å². The van der Waals surface area contributed by atoms with Crippen LogP contribution in [-0.2, 0) is 0 Å². The summed E-state index contributed by atoms with van der Waals surface area (Å²) < 4.78 is 0. The van der Waals surface area contributed by atoms with Gasteiger partial charge in [0, 0.05) is 11.1 Å². The first kappa shape index (κ1) is 21.6. The molecule has 0 N–H and O–H groups in total. The van der Waals surface area contributed by atoms with Crippen molar-refractivity contribution in [2.45, 2.75) is 0 Å². The van der Waals surface area contributed by atoms with Crippen LogP contribution in [0.5, 0.6) is 0 Å². The summed E-state index contributed by atoms with van der Waals surface area (Å²) >= 11 is 10.4. The molecule has 1 aromatic carbocycles. The van der Waals surface area contributed by atoms with Crippen LogP contribution in [0.25, 0.3) is 0 Å². The lowest BCUT2D eigenvalue weighted by Gasteiger charge is -1.95. The fraction of sp³-hybridized carbons (Fsp3) is 0. The van der Waals surface area contributed by atoms with Crippen molar-refractivity contribution in [3.8, 4) is 0 Å². The summed E-state index contributed by atoms with van der Waals surface area (Å²) in [6.07, 6.45) is 0. The molecule has 0 amide bonds. The van der Waals surface area contributed by atoms with Crippen molar-refractivity contribution in [2.75, 3.05) is 0 Å². The molecule has 0 saturated heterocycles. The molecule has 0 unspecified atom stereocenters. The minimum Gasteiger partial charge on any atom is -0.276 e. The maximum absolute atomic E-state index is 10.6. The van der Waals surface area contributed by atoms with Crippen LogP contribution in [0.4, 0.5) is 0 Å². The SMILES string of the molecule is I.I.I.O=C(Cl)c1cccc(C(=O)Cl)c1. The first-order valence-electron chi connectivity index (χ1n) is 3.11. The topological polar surface area (TPSA) is 34.1 Å². The quantitative estimate of drug-likeness (QED) is 0.383. The van der Waals surface area contributed by atoms with Gasteiger partial charge in [-0.05, 0) is 29.3 Å². The molecular weight excluding hydrogens is 580 g/mol.